The summed E-state index contributed by atoms with van der Waals surface area (Å²) < 4.78 is 10.8. The van der Waals surface area contributed by atoms with E-state index in [4.69, 9.17) is 9.47 Å². The Kier molecular flexibility index (Phi) is 78.7. The second-order valence-corrected chi connectivity index (χ2v) is 27.1. The second-order valence-electron chi connectivity index (χ2n) is 27.1. The van der Waals surface area contributed by atoms with Gasteiger partial charge < -0.3 is 14.6 Å². The van der Waals surface area contributed by atoms with Crippen molar-refractivity contribution in [3.63, 3.8) is 0 Å². The van der Waals surface area contributed by atoms with Crippen molar-refractivity contribution in [3.8, 4) is 0 Å². The van der Waals surface area contributed by atoms with Gasteiger partial charge >= 0.3 is 11.9 Å². The third kappa shape index (κ3) is 79.0. The molecule has 5 nitrogen and oxygen atoms in total. The number of rotatable bonds is 75. The second kappa shape index (κ2) is 81.8. The van der Waals surface area contributed by atoms with E-state index in [9.17, 15) is 14.7 Å². The summed E-state index contributed by atoms with van der Waals surface area (Å²) in [6.45, 7) is 4.06. The van der Waals surface area contributed by atoms with Gasteiger partial charge in [-0.25, -0.2) is 0 Å². The molecule has 0 rings (SSSR count). The summed E-state index contributed by atoms with van der Waals surface area (Å²) in [5, 5.41) is 9.73. The average molecular weight is 1280 g/mol. The van der Waals surface area contributed by atoms with Crippen LogP contribution in [0.25, 0.3) is 0 Å². The van der Waals surface area contributed by atoms with Crippen LogP contribution in [0.2, 0.25) is 0 Å². The molecule has 0 aliphatic carbocycles. The Bertz CT molecular complexity index is 1740. The summed E-state index contributed by atoms with van der Waals surface area (Å²) in [7, 11) is 0. The minimum Gasteiger partial charge on any atom is -0.462 e. The van der Waals surface area contributed by atoms with Crippen LogP contribution in [0.1, 0.15) is 412 Å². The van der Waals surface area contributed by atoms with Crippen LogP contribution in [0.15, 0.2) is 109 Å². The SMILES string of the molecule is CC/C=C\C/C=C\C/C=C\C/C=C\C/C=C\C/C=C\C/C=C\CCCCCCCCCCCCCCCCCCCCCC(=O)OC(CO)COC(=O)CCCCCCCCCCCCCCCCCCCCCCCCCCC/C=C\C/C=C\CCCCCCC. The Morgan fingerprint density at radius 3 is 0.707 bits per heavy atom. The molecule has 0 radical (unpaired) electrons. The van der Waals surface area contributed by atoms with E-state index in [1.54, 1.807) is 0 Å². The van der Waals surface area contributed by atoms with Crippen molar-refractivity contribution in [2.75, 3.05) is 13.2 Å². The first-order valence-corrected chi connectivity index (χ1v) is 40.4. The molecule has 0 aromatic carbocycles. The quantitative estimate of drug-likeness (QED) is 0.0373. The molecule has 0 aliphatic rings. The van der Waals surface area contributed by atoms with Crippen LogP contribution in [0.3, 0.4) is 0 Å². The Labute approximate surface area is 573 Å². The Hall–Kier alpha value is -3.44. The van der Waals surface area contributed by atoms with Gasteiger partial charge in [0.1, 0.15) is 6.61 Å². The molecule has 0 heterocycles. The van der Waals surface area contributed by atoms with E-state index in [1.165, 1.54) is 295 Å². The van der Waals surface area contributed by atoms with Crippen LogP contribution in [0.5, 0.6) is 0 Å². The maximum absolute atomic E-state index is 12.4. The molecular formula is C87H154O5. The largest absolute Gasteiger partial charge is 0.462 e. The highest BCUT2D eigenvalue weighted by atomic mass is 16.6. The van der Waals surface area contributed by atoms with Gasteiger partial charge in [-0.3, -0.25) is 9.59 Å². The number of unbranched alkanes of at least 4 members (excludes halogenated alkanes) is 49. The van der Waals surface area contributed by atoms with E-state index in [-0.39, 0.29) is 25.2 Å². The van der Waals surface area contributed by atoms with Crippen LogP contribution in [-0.4, -0.2) is 36.4 Å². The highest BCUT2D eigenvalue weighted by molar-refractivity contribution is 5.70. The Morgan fingerprint density at radius 1 is 0.261 bits per heavy atom. The summed E-state index contributed by atoms with van der Waals surface area (Å²) in [5.41, 5.74) is 0. The number of aliphatic hydroxyl groups excluding tert-OH is 1. The summed E-state index contributed by atoms with van der Waals surface area (Å²) in [6, 6.07) is 0. The lowest BCUT2D eigenvalue weighted by molar-refractivity contribution is -0.161. The Balaban J connectivity index is 3.41. The van der Waals surface area contributed by atoms with Crippen molar-refractivity contribution in [2.24, 2.45) is 0 Å². The maximum Gasteiger partial charge on any atom is 0.306 e. The predicted octanol–water partition coefficient (Wildman–Crippen LogP) is 28.7. The molecule has 0 saturated heterocycles. The first-order chi connectivity index (χ1) is 45.6. The molecule has 0 aliphatic heterocycles. The van der Waals surface area contributed by atoms with E-state index in [0.717, 1.165) is 89.9 Å². The minimum absolute atomic E-state index is 0.0629. The minimum atomic E-state index is -0.775. The van der Waals surface area contributed by atoms with Crippen LogP contribution in [-0.2, 0) is 19.1 Å². The van der Waals surface area contributed by atoms with Gasteiger partial charge in [-0.05, 0) is 103 Å². The van der Waals surface area contributed by atoms with Crippen molar-refractivity contribution in [3.05, 3.63) is 109 Å². The first kappa shape index (κ1) is 88.6. The lowest BCUT2D eigenvalue weighted by atomic mass is 10.0. The monoisotopic (exact) mass is 1280 g/mol. The number of hydrogen-bond donors (Lipinski definition) is 1. The standard InChI is InChI=1S/C87H154O5/c1-3-5-7-9-11-13-15-17-19-21-23-25-27-29-31-33-35-37-39-41-42-43-44-46-48-50-52-54-56-58-60-62-64-66-68-70-72-74-76-78-80-82-87(90)92-85(83-88)84-91-86(89)81-79-77-75-73-71-69-67-65-63-61-59-57-55-53-51-49-47-45-40-38-36-34-32-30-28-26-24-22-20-18-16-14-12-10-8-6-4-2/h5,7,11,13,16-19,22-25,29,31,35,37,41-42,85,88H,3-4,6,8-10,12,14-15,20-21,26-28,30,32-34,36,38-40,43-84H2,1-2H3/b7-5-,13-11-,18-16-,19-17-,24-22-,25-23-,31-29-,37-35-,42-41-. The van der Waals surface area contributed by atoms with Crippen molar-refractivity contribution in [1.82, 2.24) is 0 Å². The molecule has 0 amide bonds. The fourth-order valence-corrected chi connectivity index (χ4v) is 12.0. The summed E-state index contributed by atoms with van der Waals surface area (Å²) in [4.78, 5) is 24.7. The van der Waals surface area contributed by atoms with E-state index in [1.807, 2.05) is 0 Å². The highest BCUT2D eigenvalue weighted by Gasteiger charge is 2.16. The number of ether oxygens (including phenoxy) is 2. The molecule has 1 atom stereocenters. The van der Waals surface area contributed by atoms with Crippen LogP contribution in [0.4, 0.5) is 0 Å². The zero-order chi connectivity index (χ0) is 66.1. The third-order valence-electron chi connectivity index (χ3n) is 18.1. The molecule has 5 heteroatoms. The molecule has 532 valence electrons. The number of allylic oxidation sites excluding steroid dienone is 18. The smallest absolute Gasteiger partial charge is 0.306 e. The van der Waals surface area contributed by atoms with Gasteiger partial charge in [0.2, 0.25) is 0 Å². The summed E-state index contributed by atoms with van der Waals surface area (Å²) in [6.07, 6.45) is 119. The van der Waals surface area contributed by atoms with Gasteiger partial charge in [0, 0.05) is 12.8 Å². The van der Waals surface area contributed by atoms with E-state index < -0.39 is 6.10 Å². The summed E-state index contributed by atoms with van der Waals surface area (Å²) >= 11 is 0. The fraction of sp³-hybridized carbons (Fsp3) is 0.770. The van der Waals surface area contributed by atoms with Crippen LogP contribution in [0, 0.1) is 0 Å². The number of hydrogen-bond acceptors (Lipinski definition) is 5. The third-order valence-corrected chi connectivity index (χ3v) is 18.1. The lowest BCUT2D eigenvalue weighted by Crippen LogP contribution is -2.28. The van der Waals surface area contributed by atoms with Crippen molar-refractivity contribution < 1.29 is 24.2 Å². The van der Waals surface area contributed by atoms with Gasteiger partial charge in [0.05, 0.1) is 6.61 Å². The molecule has 0 saturated carbocycles. The molecule has 1 N–H and O–H groups in total. The van der Waals surface area contributed by atoms with Gasteiger partial charge in [-0.1, -0.05) is 406 Å². The molecule has 0 aromatic rings. The predicted molar refractivity (Wildman–Crippen MR) is 408 cm³/mol. The number of aliphatic hydroxyl groups is 1. The van der Waals surface area contributed by atoms with Crippen LogP contribution >= 0.6 is 0 Å². The number of carbonyl (C=O) groups is 2. The zero-order valence-electron chi connectivity index (χ0n) is 61.3. The molecule has 0 spiro atoms. The summed E-state index contributed by atoms with van der Waals surface area (Å²) in [5.74, 6) is -0.570. The number of carbonyl (C=O) groups excluding carboxylic acids is 2. The van der Waals surface area contributed by atoms with Gasteiger partial charge in [-0.2, -0.15) is 0 Å². The van der Waals surface area contributed by atoms with E-state index in [0.29, 0.717) is 12.8 Å². The van der Waals surface area contributed by atoms with Gasteiger partial charge in [0.25, 0.3) is 0 Å². The molecule has 1 unspecified atom stereocenters. The van der Waals surface area contributed by atoms with E-state index in [2.05, 4.69) is 123 Å². The van der Waals surface area contributed by atoms with Crippen LogP contribution < -0.4 is 0 Å². The topological polar surface area (TPSA) is 72.8 Å². The highest BCUT2D eigenvalue weighted by Crippen LogP contribution is 2.19. The average Bonchev–Trinajstić information content (AvgIpc) is 3.64. The van der Waals surface area contributed by atoms with E-state index >= 15 is 0 Å². The lowest BCUT2D eigenvalue weighted by Gasteiger charge is -2.15. The maximum atomic E-state index is 12.4. The number of esters is 2. The molecule has 0 aromatic heterocycles. The molecule has 0 fully saturated rings. The van der Waals surface area contributed by atoms with Gasteiger partial charge in [0.15, 0.2) is 6.10 Å². The fourth-order valence-electron chi connectivity index (χ4n) is 12.0. The normalized spacial score (nSPS) is 12.8. The van der Waals surface area contributed by atoms with Gasteiger partial charge in [-0.15, -0.1) is 0 Å². The first-order valence-electron chi connectivity index (χ1n) is 40.4. The molecule has 92 heavy (non-hydrogen) atoms. The van der Waals surface area contributed by atoms with Crippen molar-refractivity contribution >= 4 is 11.9 Å². The molecule has 0 bridgehead atoms. The Morgan fingerprint density at radius 2 is 0.467 bits per heavy atom. The van der Waals surface area contributed by atoms with Crippen molar-refractivity contribution in [2.45, 2.75) is 418 Å². The molecular weight excluding hydrogens is 1120 g/mol. The zero-order valence-corrected chi connectivity index (χ0v) is 61.3. The van der Waals surface area contributed by atoms with Crippen molar-refractivity contribution in [1.29, 1.82) is 0 Å².